The Hall–Kier alpha value is -4.18. The van der Waals surface area contributed by atoms with E-state index < -0.39 is 23.6 Å². The maximum absolute atomic E-state index is 14.0. The van der Waals surface area contributed by atoms with E-state index in [-0.39, 0.29) is 35.8 Å². The van der Waals surface area contributed by atoms with Crippen LogP contribution in [0.5, 0.6) is 0 Å². The third-order valence-corrected chi connectivity index (χ3v) is 7.28. The predicted molar refractivity (Wildman–Crippen MR) is 145 cm³/mol. The number of nitrogens with one attached hydrogen (secondary N) is 3. The number of imidazole rings is 1. The fourth-order valence-corrected chi connectivity index (χ4v) is 4.87. The Labute approximate surface area is 235 Å². The number of alkyl halides is 3. The summed E-state index contributed by atoms with van der Waals surface area (Å²) in [6.07, 6.45) is -3.16. The van der Waals surface area contributed by atoms with E-state index in [1.54, 1.807) is 25.2 Å². The van der Waals surface area contributed by atoms with Crippen molar-refractivity contribution in [2.24, 2.45) is 12.8 Å². The van der Waals surface area contributed by atoms with Gasteiger partial charge in [-0.15, -0.1) is 0 Å². The van der Waals surface area contributed by atoms with Crippen molar-refractivity contribution in [3.63, 3.8) is 0 Å². The van der Waals surface area contributed by atoms with Gasteiger partial charge in [-0.3, -0.25) is 9.59 Å². The summed E-state index contributed by atoms with van der Waals surface area (Å²) in [6, 6.07) is 8.73. The molecule has 1 saturated heterocycles. The van der Waals surface area contributed by atoms with Crippen molar-refractivity contribution in [3.8, 4) is 11.8 Å². The van der Waals surface area contributed by atoms with E-state index >= 15 is 0 Å². The standard InChI is InChI=1S/C29H31F3N6O3/c1-19-3-4-21(15-20(19)6-8-24-17-34-27(26(33)40)36(24)2)28(41)35-23-7-5-22(25(16-23)29(30,31)32)18-38-11-9-37(10-12-38)13-14-39/h3-5,7,15-17,39H,9-14,18H2,1-2H3,(H2,33,40)(H,35,41)/p+2. The molecule has 0 radical (unpaired) electrons. The number of nitrogens with two attached hydrogens (primary N) is 1. The summed E-state index contributed by atoms with van der Waals surface area (Å²) >= 11 is 0. The number of rotatable bonds is 7. The van der Waals surface area contributed by atoms with Crippen molar-refractivity contribution in [2.45, 2.75) is 19.6 Å². The van der Waals surface area contributed by atoms with Crippen LogP contribution in [-0.2, 0) is 19.8 Å². The van der Waals surface area contributed by atoms with Crippen LogP contribution in [-0.4, -0.2) is 65.8 Å². The topological polar surface area (TPSA) is 119 Å². The van der Waals surface area contributed by atoms with Gasteiger partial charge in [-0.05, 0) is 42.7 Å². The van der Waals surface area contributed by atoms with Crippen LogP contribution in [0.2, 0.25) is 0 Å². The molecule has 1 aliphatic rings. The number of piperazine rings is 1. The van der Waals surface area contributed by atoms with E-state index in [9.17, 15) is 22.8 Å². The Balaban J connectivity index is 1.50. The number of aromatic nitrogens is 2. The first-order chi connectivity index (χ1) is 19.5. The number of hydrogen-bond donors (Lipinski definition) is 5. The highest BCUT2D eigenvalue weighted by Gasteiger charge is 2.35. The molecule has 1 fully saturated rings. The molecular weight excluding hydrogens is 537 g/mol. The Morgan fingerprint density at radius 2 is 1.80 bits per heavy atom. The number of aliphatic hydroxyl groups excluding tert-OH is 1. The molecule has 3 aromatic rings. The molecule has 41 heavy (non-hydrogen) atoms. The Bertz CT molecular complexity index is 1500. The highest BCUT2D eigenvalue weighted by molar-refractivity contribution is 6.04. The van der Waals surface area contributed by atoms with Crippen LogP contribution in [0.1, 0.15) is 48.9 Å². The molecule has 0 bridgehead atoms. The molecule has 2 amide bonds. The maximum atomic E-state index is 14.0. The van der Waals surface area contributed by atoms with E-state index in [4.69, 9.17) is 10.8 Å². The molecule has 216 valence electrons. The van der Waals surface area contributed by atoms with Crippen LogP contribution in [0, 0.1) is 18.8 Å². The van der Waals surface area contributed by atoms with Gasteiger partial charge in [0.15, 0.2) is 5.82 Å². The highest BCUT2D eigenvalue weighted by Crippen LogP contribution is 2.34. The summed E-state index contributed by atoms with van der Waals surface area (Å²) in [7, 11) is 1.61. The molecule has 6 N–H and O–H groups in total. The molecule has 2 heterocycles. The van der Waals surface area contributed by atoms with Crippen molar-refractivity contribution >= 4 is 17.5 Å². The molecule has 1 aromatic heterocycles. The van der Waals surface area contributed by atoms with E-state index in [2.05, 4.69) is 22.1 Å². The number of quaternary nitrogens is 2. The zero-order valence-corrected chi connectivity index (χ0v) is 22.9. The van der Waals surface area contributed by atoms with E-state index in [0.717, 1.165) is 42.7 Å². The van der Waals surface area contributed by atoms with Crippen LogP contribution in [0.4, 0.5) is 18.9 Å². The van der Waals surface area contributed by atoms with Crippen molar-refractivity contribution in [1.29, 1.82) is 0 Å². The number of hydrogen-bond acceptors (Lipinski definition) is 4. The highest BCUT2D eigenvalue weighted by atomic mass is 19.4. The van der Waals surface area contributed by atoms with Crippen LogP contribution >= 0.6 is 0 Å². The number of halogens is 3. The van der Waals surface area contributed by atoms with Crippen LogP contribution in [0.25, 0.3) is 0 Å². The average Bonchev–Trinajstić information content (AvgIpc) is 3.30. The van der Waals surface area contributed by atoms with Gasteiger partial charge in [0.1, 0.15) is 45.0 Å². The molecular formula is C29H33F3N6O3+2. The second-order valence-corrected chi connectivity index (χ2v) is 10.1. The number of aliphatic hydroxyl groups is 1. The van der Waals surface area contributed by atoms with Crippen LogP contribution in [0.15, 0.2) is 42.6 Å². The molecule has 2 aromatic carbocycles. The number of nitrogens with zero attached hydrogens (tertiary/aromatic N) is 2. The Kier molecular flexibility index (Phi) is 9.12. The summed E-state index contributed by atoms with van der Waals surface area (Å²) in [4.78, 5) is 30.7. The maximum Gasteiger partial charge on any atom is 0.416 e. The van der Waals surface area contributed by atoms with E-state index in [0.29, 0.717) is 17.8 Å². The number of carbonyl (C=O) groups is 2. The third-order valence-electron chi connectivity index (χ3n) is 7.28. The molecule has 0 aliphatic carbocycles. The quantitative estimate of drug-likeness (QED) is 0.252. The smallest absolute Gasteiger partial charge is 0.391 e. The monoisotopic (exact) mass is 570 g/mol. The lowest BCUT2D eigenvalue weighted by Gasteiger charge is -2.30. The average molecular weight is 571 g/mol. The zero-order chi connectivity index (χ0) is 29.7. The largest absolute Gasteiger partial charge is 0.416 e. The van der Waals surface area contributed by atoms with Gasteiger partial charge in [0, 0.05) is 29.4 Å². The molecule has 0 spiro atoms. The van der Waals surface area contributed by atoms with E-state index in [1.807, 2.05) is 6.92 Å². The minimum atomic E-state index is -4.58. The van der Waals surface area contributed by atoms with Gasteiger partial charge in [0.25, 0.3) is 11.8 Å². The second kappa shape index (κ2) is 12.6. The lowest BCUT2D eigenvalue weighted by atomic mass is 10.0. The van der Waals surface area contributed by atoms with Crippen molar-refractivity contribution < 1.29 is 37.7 Å². The molecule has 0 unspecified atom stereocenters. The Morgan fingerprint density at radius 3 is 2.44 bits per heavy atom. The van der Waals surface area contributed by atoms with E-state index in [1.165, 1.54) is 27.8 Å². The number of aryl methyl sites for hydroxylation is 1. The molecule has 1 aliphatic heterocycles. The lowest BCUT2D eigenvalue weighted by molar-refractivity contribution is -1.02. The van der Waals surface area contributed by atoms with Gasteiger partial charge < -0.3 is 30.5 Å². The normalized spacial score (nSPS) is 17.0. The molecule has 9 nitrogen and oxygen atoms in total. The number of carbonyl (C=O) groups excluding carboxylic acids is 2. The zero-order valence-electron chi connectivity index (χ0n) is 22.9. The lowest BCUT2D eigenvalue weighted by Crippen LogP contribution is -3.27. The van der Waals surface area contributed by atoms with Gasteiger partial charge in [0.05, 0.1) is 18.4 Å². The Morgan fingerprint density at radius 1 is 1.10 bits per heavy atom. The van der Waals surface area contributed by atoms with Gasteiger partial charge in [-0.25, -0.2) is 4.98 Å². The first-order valence-electron chi connectivity index (χ1n) is 13.2. The predicted octanol–water partition coefficient (Wildman–Crippen LogP) is -0.226. The summed E-state index contributed by atoms with van der Waals surface area (Å²) in [5, 5.41) is 11.7. The first-order valence-corrected chi connectivity index (χ1v) is 13.2. The molecule has 0 saturated carbocycles. The first kappa shape index (κ1) is 29.8. The molecule has 12 heteroatoms. The minimum absolute atomic E-state index is 0.0420. The van der Waals surface area contributed by atoms with Gasteiger partial charge >= 0.3 is 6.18 Å². The molecule has 4 rings (SSSR count). The number of benzene rings is 2. The summed E-state index contributed by atoms with van der Waals surface area (Å²) in [6.45, 7) is 5.81. The minimum Gasteiger partial charge on any atom is -0.391 e. The number of amides is 2. The van der Waals surface area contributed by atoms with Gasteiger partial charge in [-0.2, -0.15) is 13.2 Å². The summed E-state index contributed by atoms with van der Waals surface area (Å²) in [5.74, 6) is 4.67. The second-order valence-electron chi connectivity index (χ2n) is 10.1. The van der Waals surface area contributed by atoms with Crippen molar-refractivity contribution in [2.75, 3.05) is 44.6 Å². The van der Waals surface area contributed by atoms with Gasteiger partial charge in [0.2, 0.25) is 0 Å². The summed E-state index contributed by atoms with van der Waals surface area (Å²) in [5.41, 5.74) is 6.74. The fraction of sp³-hybridized carbons (Fsp3) is 0.345. The van der Waals surface area contributed by atoms with Crippen molar-refractivity contribution in [3.05, 3.63) is 81.9 Å². The fourth-order valence-electron chi connectivity index (χ4n) is 4.87. The number of anilines is 1. The van der Waals surface area contributed by atoms with Crippen molar-refractivity contribution in [1.82, 2.24) is 9.55 Å². The van der Waals surface area contributed by atoms with Gasteiger partial charge in [-0.1, -0.05) is 18.1 Å². The summed E-state index contributed by atoms with van der Waals surface area (Å²) < 4.78 is 43.5. The van der Waals surface area contributed by atoms with Crippen LogP contribution in [0.3, 0.4) is 0 Å². The SMILES string of the molecule is Cc1ccc(C(=O)Nc2ccc(C[NH+]3CC[NH+](CCO)CC3)c(C(F)(F)F)c2)cc1C#Cc1cnc(C(N)=O)n1C. The van der Waals surface area contributed by atoms with Crippen LogP contribution < -0.4 is 20.9 Å². The molecule has 0 atom stereocenters. The number of primary amides is 1. The third kappa shape index (κ3) is 7.32.